The minimum atomic E-state index is -0.531. The van der Waals surface area contributed by atoms with Gasteiger partial charge in [0.25, 0.3) is 11.6 Å². The highest BCUT2D eigenvalue weighted by Crippen LogP contribution is 2.34. The standard InChI is InChI=1S/C17H13N9O3S/c1-24-9-18-21-17(24)30-15-7-2-11(8-14(15)26(28)29)16(27)20-12-3-5-13(6-4-12)25-10-19-22-23-25/h2-10H,1H3,(H,20,27). The van der Waals surface area contributed by atoms with Gasteiger partial charge in [0, 0.05) is 24.4 Å². The molecule has 12 nitrogen and oxygen atoms in total. The fourth-order valence-corrected chi connectivity index (χ4v) is 3.38. The Kier molecular flexibility index (Phi) is 5.17. The van der Waals surface area contributed by atoms with Gasteiger partial charge in [-0.25, -0.2) is 4.68 Å². The van der Waals surface area contributed by atoms with Gasteiger partial charge in [0.1, 0.15) is 12.7 Å². The molecule has 0 atom stereocenters. The lowest BCUT2D eigenvalue weighted by Gasteiger charge is -2.08. The molecule has 1 N–H and O–H groups in total. The lowest BCUT2D eigenvalue weighted by atomic mass is 10.2. The van der Waals surface area contributed by atoms with Crippen LogP contribution in [-0.4, -0.2) is 45.8 Å². The number of carbonyl (C=O) groups excluding carboxylic acids is 1. The fourth-order valence-electron chi connectivity index (χ4n) is 2.53. The highest BCUT2D eigenvalue weighted by Gasteiger charge is 2.20. The van der Waals surface area contributed by atoms with E-state index >= 15 is 0 Å². The number of nitrogens with one attached hydrogen (secondary N) is 1. The largest absolute Gasteiger partial charge is 0.322 e. The maximum absolute atomic E-state index is 12.6. The van der Waals surface area contributed by atoms with E-state index in [1.165, 1.54) is 35.5 Å². The second-order valence-corrected chi connectivity index (χ2v) is 7.03. The molecule has 0 aliphatic carbocycles. The fraction of sp³-hybridized carbons (Fsp3) is 0.0588. The van der Waals surface area contributed by atoms with E-state index in [9.17, 15) is 14.9 Å². The summed E-state index contributed by atoms with van der Waals surface area (Å²) in [5.41, 5.74) is 1.22. The number of aryl methyl sites for hydroxylation is 1. The highest BCUT2D eigenvalue weighted by molar-refractivity contribution is 7.99. The summed E-state index contributed by atoms with van der Waals surface area (Å²) in [6.45, 7) is 0. The van der Waals surface area contributed by atoms with Gasteiger partial charge in [0.05, 0.1) is 15.5 Å². The average molecular weight is 423 g/mol. The Labute approximate surface area is 173 Å². The first-order valence-electron chi connectivity index (χ1n) is 8.46. The van der Waals surface area contributed by atoms with E-state index in [-0.39, 0.29) is 11.3 Å². The number of aromatic nitrogens is 7. The Bertz CT molecular complexity index is 1210. The van der Waals surface area contributed by atoms with Gasteiger partial charge in [-0.05, 0) is 58.6 Å². The molecular weight excluding hydrogens is 410 g/mol. The number of amides is 1. The monoisotopic (exact) mass is 423 g/mol. The first-order valence-corrected chi connectivity index (χ1v) is 9.28. The molecule has 13 heteroatoms. The van der Waals surface area contributed by atoms with E-state index in [0.717, 1.165) is 17.4 Å². The number of nitro benzene ring substituents is 1. The molecule has 150 valence electrons. The van der Waals surface area contributed by atoms with Crippen LogP contribution in [0.1, 0.15) is 10.4 Å². The van der Waals surface area contributed by atoms with E-state index in [1.807, 2.05) is 0 Å². The third-order valence-electron chi connectivity index (χ3n) is 4.03. The second-order valence-electron chi connectivity index (χ2n) is 6.02. The summed E-state index contributed by atoms with van der Waals surface area (Å²) in [6, 6.07) is 11.1. The van der Waals surface area contributed by atoms with Crippen molar-refractivity contribution in [3.63, 3.8) is 0 Å². The number of rotatable bonds is 6. The molecule has 2 aromatic carbocycles. The SMILES string of the molecule is Cn1cnnc1Sc1ccc(C(=O)Nc2ccc(-n3cnnn3)cc2)cc1[N+](=O)[O-]. The summed E-state index contributed by atoms with van der Waals surface area (Å²) in [5.74, 6) is -0.469. The molecule has 4 aromatic rings. The Morgan fingerprint density at radius 1 is 1.13 bits per heavy atom. The Balaban J connectivity index is 1.53. The van der Waals surface area contributed by atoms with Gasteiger partial charge >= 0.3 is 0 Å². The lowest BCUT2D eigenvalue weighted by Crippen LogP contribution is -2.12. The summed E-state index contributed by atoms with van der Waals surface area (Å²) in [4.78, 5) is 23.9. The van der Waals surface area contributed by atoms with Crippen LogP contribution in [0.4, 0.5) is 11.4 Å². The van der Waals surface area contributed by atoms with E-state index in [0.29, 0.717) is 15.7 Å². The maximum atomic E-state index is 12.6. The third kappa shape index (κ3) is 4.00. The van der Waals surface area contributed by atoms with Crippen molar-refractivity contribution in [2.45, 2.75) is 10.1 Å². The number of hydrogen-bond acceptors (Lipinski definition) is 9. The summed E-state index contributed by atoms with van der Waals surface area (Å²) < 4.78 is 3.12. The quantitative estimate of drug-likeness (QED) is 0.364. The molecule has 0 fully saturated rings. The van der Waals surface area contributed by atoms with Crippen LogP contribution >= 0.6 is 11.8 Å². The number of benzene rings is 2. The maximum Gasteiger partial charge on any atom is 0.284 e. The molecule has 0 saturated heterocycles. The van der Waals surface area contributed by atoms with Crippen molar-refractivity contribution < 1.29 is 9.72 Å². The van der Waals surface area contributed by atoms with Crippen molar-refractivity contribution in [1.29, 1.82) is 0 Å². The molecular formula is C17H13N9O3S. The van der Waals surface area contributed by atoms with Crippen molar-refractivity contribution in [3.05, 3.63) is 70.8 Å². The first kappa shape index (κ1) is 19.2. The molecule has 4 rings (SSSR count). The molecule has 0 bridgehead atoms. The molecule has 2 heterocycles. The van der Waals surface area contributed by atoms with Crippen molar-refractivity contribution in [2.75, 3.05) is 5.32 Å². The minimum absolute atomic E-state index is 0.161. The summed E-state index contributed by atoms with van der Waals surface area (Å²) in [5, 5.41) is 33.3. The molecule has 0 aliphatic heterocycles. The lowest BCUT2D eigenvalue weighted by molar-refractivity contribution is -0.387. The molecule has 0 saturated carbocycles. The van der Waals surface area contributed by atoms with Gasteiger partial charge in [0.15, 0.2) is 5.16 Å². The van der Waals surface area contributed by atoms with Crippen LogP contribution in [0.15, 0.2) is 65.2 Å². The number of tetrazole rings is 1. The van der Waals surface area contributed by atoms with Crippen LogP contribution < -0.4 is 5.32 Å². The Morgan fingerprint density at radius 3 is 2.57 bits per heavy atom. The number of nitro groups is 1. The van der Waals surface area contributed by atoms with Crippen molar-refractivity contribution in [1.82, 2.24) is 35.0 Å². The molecule has 2 aromatic heterocycles. The van der Waals surface area contributed by atoms with Crippen LogP contribution in [0.25, 0.3) is 5.69 Å². The normalized spacial score (nSPS) is 10.7. The van der Waals surface area contributed by atoms with Crippen molar-refractivity contribution in [2.24, 2.45) is 7.05 Å². The van der Waals surface area contributed by atoms with Gasteiger partial charge in [-0.1, -0.05) is 0 Å². The molecule has 1 amide bonds. The van der Waals surface area contributed by atoms with E-state index in [4.69, 9.17) is 0 Å². The predicted molar refractivity (Wildman–Crippen MR) is 105 cm³/mol. The summed E-state index contributed by atoms with van der Waals surface area (Å²) >= 11 is 1.10. The smallest absolute Gasteiger partial charge is 0.284 e. The van der Waals surface area contributed by atoms with Crippen LogP contribution in [-0.2, 0) is 7.05 Å². The Morgan fingerprint density at radius 2 is 1.93 bits per heavy atom. The van der Waals surface area contributed by atoms with E-state index in [2.05, 4.69) is 31.0 Å². The van der Waals surface area contributed by atoms with Crippen LogP contribution in [0.3, 0.4) is 0 Å². The van der Waals surface area contributed by atoms with E-state index < -0.39 is 10.8 Å². The molecule has 0 spiro atoms. The molecule has 0 aliphatic rings. The van der Waals surface area contributed by atoms with E-state index in [1.54, 1.807) is 35.9 Å². The predicted octanol–water partition coefficient (Wildman–Crippen LogP) is 2.10. The zero-order chi connectivity index (χ0) is 21.1. The number of nitrogens with zero attached hydrogens (tertiary/aromatic N) is 8. The van der Waals surface area contributed by atoms with Gasteiger partial charge in [-0.2, -0.15) is 0 Å². The molecule has 0 unspecified atom stereocenters. The van der Waals surface area contributed by atoms with Gasteiger partial charge in [0.2, 0.25) is 0 Å². The van der Waals surface area contributed by atoms with Gasteiger partial charge in [-0.15, -0.1) is 15.3 Å². The summed E-state index contributed by atoms with van der Waals surface area (Å²) in [6.07, 6.45) is 2.95. The first-order chi connectivity index (χ1) is 14.5. The van der Waals surface area contributed by atoms with Crippen molar-refractivity contribution >= 4 is 29.0 Å². The summed E-state index contributed by atoms with van der Waals surface area (Å²) in [7, 11) is 1.74. The topological polar surface area (TPSA) is 147 Å². The number of carbonyl (C=O) groups is 1. The van der Waals surface area contributed by atoms with Crippen molar-refractivity contribution in [3.8, 4) is 5.69 Å². The number of anilines is 1. The van der Waals surface area contributed by atoms with Gasteiger partial charge in [-0.3, -0.25) is 14.9 Å². The van der Waals surface area contributed by atoms with Crippen LogP contribution in [0, 0.1) is 10.1 Å². The third-order valence-corrected chi connectivity index (χ3v) is 5.14. The minimum Gasteiger partial charge on any atom is -0.322 e. The molecule has 0 radical (unpaired) electrons. The Hall–Kier alpha value is -4.13. The van der Waals surface area contributed by atoms with Crippen LogP contribution in [0.2, 0.25) is 0 Å². The zero-order valence-electron chi connectivity index (χ0n) is 15.4. The zero-order valence-corrected chi connectivity index (χ0v) is 16.2. The molecule has 30 heavy (non-hydrogen) atoms. The highest BCUT2D eigenvalue weighted by atomic mass is 32.2. The van der Waals surface area contributed by atoms with Gasteiger partial charge < -0.3 is 9.88 Å². The number of hydrogen-bond donors (Lipinski definition) is 1. The van der Waals surface area contributed by atoms with Crippen LogP contribution in [0.5, 0.6) is 0 Å². The second kappa shape index (κ2) is 8.08. The average Bonchev–Trinajstić information content (AvgIpc) is 3.41.